The number of para-hydroxylation sites is 1. The number of carboxylic acid groups (broad SMARTS) is 2. The number of allylic oxidation sites excluding steroid dienone is 2. The van der Waals surface area contributed by atoms with Gasteiger partial charge in [-0.25, -0.2) is 15.6 Å². The summed E-state index contributed by atoms with van der Waals surface area (Å²) in [6.07, 6.45) is 4.80. The summed E-state index contributed by atoms with van der Waals surface area (Å²) < 4.78 is 0. The standard InChI is InChI=1S/C100H144N16O23.CH4/c1-14-56(4)82(79(120)47-57(5)89(129)106-61(9)88(102)128)116-115-60(8)86(126)84(124)59(7)107-97(138)99(12)44-27-20-18-16-15-17-19-21-28-45-100(13,114-94(134)77(50-65-30-23-22-24-31-65)110-95(135)83(62(10)117)112-93(133)76(46-55(2)3)108-63(11)118)98(139)111-74(41-43-81(122)123)92(132)109-75(49-66-36-38-67(39-37-66)96(136)137)78(119)52-68(51-69-53-103-72-35-26-25-34-71(69)72)90(130)105-58(6)85(125)87(127)73(40-42-80(101)121)104-54-70(91(131)113-99)48-64-32-29-33-64;/h16,18,22-26,30-31,34-39,53,55-62,64,68,70,73-77,82-83,103-104,115-117H,14-15,17,19-21,27-29,32-33,40-52,54H2,1-13H3,(H2,101,121)(H2,102,128)(H,105,130)(H,106,129)(H,107,138)(H,108,118)(H,109,132)(H,110,135)(H,111,139)(H,112,133)(H,113,131)(H,114,134)(H,122,123)(H,136,137);1H4/b18-16+;/t56?,57-,58?,59?,60?,61?,62+,68+,70+,73-,74-,75-,76-,77-,82-,83-,99-,100+;/m0./s1. The zero-order valence-corrected chi connectivity index (χ0v) is 82.0. The van der Waals surface area contributed by atoms with E-state index in [-0.39, 0.29) is 101 Å². The number of primary amides is 2. The van der Waals surface area contributed by atoms with Gasteiger partial charge in [0, 0.05) is 74.5 Å². The Morgan fingerprint density at radius 3 is 1.82 bits per heavy atom. The first kappa shape index (κ1) is 118. The number of rotatable bonds is 41. The van der Waals surface area contributed by atoms with Crippen LogP contribution in [0.15, 0.2) is 97.2 Å². The van der Waals surface area contributed by atoms with Crippen molar-refractivity contribution in [3.63, 3.8) is 0 Å². The highest BCUT2D eigenvalue weighted by atomic mass is 16.4. The van der Waals surface area contributed by atoms with Gasteiger partial charge in [-0.1, -0.05) is 160 Å². The van der Waals surface area contributed by atoms with E-state index in [0.29, 0.717) is 73.4 Å². The number of H-pyrrole nitrogens is 1. The number of nitrogens with one attached hydrogen (secondary N) is 14. The molecule has 1 aliphatic carbocycles. The minimum atomic E-state index is -2.09. The maximum absolute atomic E-state index is 15.6. The van der Waals surface area contributed by atoms with Crippen LogP contribution in [0.25, 0.3) is 10.9 Å². The summed E-state index contributed by atoms with van der Waals surface area (Å²) in [6, 6.07) is 4.41. The SMILES string of the molecule is C.CCC(C)[C@H](NNC(C)C(=O)C(=O)C(C)NC(=O)[C@]1(C)CCC/C=C/CCCCCC[C@@](C)(NC(=O)[C@H](Cc2ccccc2)NC(=O)[C@@H](NC(=O)[C@H](CC(C)C)NC(C)=O)[C@@H](C)O)C(=O)N[C@@H](CCC(=O)O)C(=O)N[C@@H](Cc2ccc(C(=O)O)cc2)C(=O)C[C@@H](Cc2c[nH]c3ccccc23)C(=O)NC(C)C(=O)C(=O)[C@H](CCC(N)=O)NC[C@@H](CC2CCC2)C(=O)N1)C(=O)C[C@H](C)C(=O)NC(C)C(N)=O. The zero-order chi connectivity index (χ0) is 103. The molecule has 770 valence electrons. The van der Waals surface area contributed by atoms with E-state index in [9.17, 15) is 77.6 Å². The van der Waals surface area contributed by atoms with Crippen LogP contribution in [0, 0.1) is 35.5 Å². The summed E-state index contributed by atoms with van der Waals surface area (Å²) >= 11 is 0. The summed E-state index contributed by atoms with van der Waals surface area (Å²) in [4.78, 5) is 285. The third-order valence-electron chi connectivity index (χ3n) is 25.7. The first-order chi connectivity index (χ1) is 65.5. The number of carbonyl (C=O) groups is 20. The highest BCUT2D eigenvalue weighted by Crippen LogP contribution is 2.34. The van der Waals surface area contributed by atoms with Crippen LogP contribution in [0.4, 0.5) is 0 Å². The number of carbonyl (C=O) groups excluding carboxylic acids is 18. The number of benzene rings is 3. The maximum atomic E-state index is 15.6. The summed E-state index contributed by atoms with van der Waals surface area (Å²) in [6.45, 7) is 18.8. The first-order valence-electron chi connectivity index (χ1n) is 48.1. The second-order valence-electron chi connectivity index (χ2n) is 38.1. The Morgan fingerprint density at radius 1 is 0.579 bits per heavy atom. The van der Waals surface area contributed by atoms with Crippen LogP contribution in [-0.2, 0) is 110 Å². The third-order valence-corrected chi connectivity index (χ3v) is 25.7. The van der Waals surface area contributed by atoms with Gasteiger partial charge in [-0.15, -0.1) is 0 Å². The van der Waals surface area contributed by atoms with Crippen LogP contribution in [0.1, 0.15) is 259 Å². The molecule has 5 unspecified atom stereocenters. The van der Waals surface area contributed by atoms with Crippen LogP contribution in [0.2, 0.25) is 0 Å². The number of Topliss-reactive ketones (excluding diaryl/α,β-unsaturated/α-hetero) is 6. The van der Waals surface area contributed by atoms with Crippen molar-refractivity contribution in [2.45, 2.75) is 335 Å². The van der Waals surface area contributed by atoms with E-state index in [2.05, 4.69) is 74.3 Å². The van der Waals surface area contributed by atoms with Gasteiger partial charge in [-0.2, -0.15) is 0 Å². The number of hydrogen-bond acceptors (Lipinski definition) is 24. The minimum Gasteiger partial charge on any atom is -0.481 e. The number of ketones is 6. The number of hydrazine groups is 1. The van der Waals surface area contributed by atoms with Crippen molar-refractivity contribution in [2.24, 2.45) is 47.0 Å². The lowest BCUT2D eigenvalue weighted by atomic mass is 9.78. The highest BCUT2D eigenvalue weighted by molar-refractivity contribution is 6.41. The average Bonchev–Trinajstić information content (AvgIpc) is 1.77. The molecule has 1 aromatic heterocycles. The quantitative estimate of drug-likeness (QED) is 0.0165. The van der Waals surface area contributed by atoms with Crippen molar-refractivity contribution in [1.82, 2.24) is 74.3 Å². The molecule has 4 aromatic rings. The second kappa shape index (κ2) is 57.2. The molecule has 12 amide bonds. The molecule has 1 aliphatic heterocycles. The van der Waals surface area contributed by atoms with E-state index in [0.717, 1.165) is 6.42 Å². The van der Waals surface area contributed by atoms with Crippen LogP contribution in [-0.4, -0.2) is 228 Å². The molecular formula is C101H148N16O23. The Labute approximate surface area is 818 Å². The molecule has 18 atom stereocenters. The van der Waals surface area contributed by atoms with Gasteiger partial charge in [0.25, 0.3) is 0 Å². The van der Waals surface area contributed by atoms with Crippen LogP contribution in [0.5, 0.6) is 0 Å². The van der Waals surface area contributed by atoms with Crippen molar-refractivity contribution in [3.05, 3.63) is 119 Å². The predicted octanol–water partition coefficient (Wildman–Crippen LogP) is 4.47. The number of aliphatic hydroxyl groups is 1. The molecule has 0 radical (unpaired) electrons. The van der Waals surface area contributed by atoms with E-state index in [1.165, 1.54) is 86.6 Å². The van der Waals surface area contributed by atoms with E-state index in [4.69, 9.17) is 11.5 Å². The lowest BCUT2D eigenvalue weighted by molar-refractivity contribution is -0.141. The molecule has 2 aliphatic rings. The fourth-order valence-corrected chi connectivity index (χ4v) is 16.6. The molecule has 39 heteroatoms. The molecule has 2 heterocycles. The molecule has 0 bridgehead atoms. The Morgan fingerprint density at radius 2 is 1.21 bits per heavy atom. The van der Waals surface area contributed by atoms with Gasteiger partial charge in [-0.05, 0) is 178 Å². The molecule has 21 N–H and O–H groups in total. The van der Waals surface area contributed by atoms with Gasteiger partial charge >= 0.3 is 11.9 Å². The van der Waals surface area contributed by atoms with Crippen LogP contribution < -0.4 is 80.8 Å². The van der Waals surface area contributed by atoms with Gasteiger partial charge in [0.15, 0.2) is 11.6 Å². The fourth-order valence-electron chi connectivity index (χ4n) is 16.6. The van der Waals surface area contributed by atoms with E-state index in [1.807, 2.05) is 19.1 Å². The predicted molar refractivity (Wildman–Crippen MR) is 522 cm³/mol. The number of aromatic nitrogens is 1. The molecule has 3 aromatic carbocycles. The molecule has 0 saturated heterocycles. The van der Waals surface area contributed by atoms with Crippen molar-refractivity contribution in [3.8, 4) is 0 Å². The number of aliphatic hydroxyl groups excluding tert-OH is 1. The number of hydrogen-bond donors (Lipinski definition) is 19. The maximum Gasteiger partial charge on any atom is 0.335 e. The van der Waals surface area contributed by atoms with Gasteiger partial charge in [0.1, 0.15) is 41.3 Å². The topological polar surface area (TPSA) is 626 Å². The number of aliphatic carboxylic acids is 1. The van der Waals surface area contributed by atoms with Crippen molar-refractivity contribution in [2.75, 3.05) is 6.54 Å². The number of aromatic carboxylic acids is 1. The second-order valence-corrected chi connectivity index (χ2v) is 38.1. The smallest absolute Gasteiger partial charge is 0.335 e. The summed E-state index contributed by atoms with van der Waals surface area (Å²) in [7, 11) is 0. The Kier molecular flexibility index (Phi) is 48.2. The number of carboxylic acids is 2. The molecule has 0 spiro atoms. The van der Waals surface area contributed by atoms with Crippen LogP contribution >= 0.6 is 0 Å². The lowest BCUT2D eigenvalue weighted by Gasteiger charge is -2.35. The molecular weight excluding hydrogens is 1810 g/mol. The number of nitrogens with two attached hydrogens (primary N) is 2. The lowest BCUT2D eigenvalue weighted by Crippen LogP contribution is -2.65. The molecule has 39 nitrogen and oxygen atoms in total. The fraction of sp³-hybridized carbons (Fsp3) is 0.584. The van der Waals surface area contributed by atoms with Crippen molar-refractivity contribution < 1.29 is 111 Å². The van der Waals surface area contributed by atoms with Gasteiger partial charge in [0.2, 0.25) is 94.0 Å². The van der Waals surface area contributed by atoms with Gasteiger partial charge in [-0.3, -0.25) is 91.1 Å². The van der Waals surface area contributed by atoms with E-state index < -0.39 is 257 Å². The van der Waals surface area contributed by atoms with Crippen molar-refractivity contribution in [1.29, 1.82) is 0 Å². The van der Waals surface area contributed by atoms with E-state index >= 15 is 33.6 Å². The molecule has 6 rings (SSSR count). The Hall–Kier alpha value is -12.6. The van der Waals surface area contributed by atoms with Crippen LogP contribution in [0.3, 0.4) is 0 Å². The van der Waals surface area contributed by atoms with Gasteiger partial charge in [0.05, 0.1) is 53.8 Å². The number of amides is 12. The highest BCUT2D eigenvalue weighted by Gasteiger charge is 2.45. The van der Waals surface area contributed by atoms with Gasteiger partial charge < -0.3 is 90.3 Å². The largest absolute Gasteiger partial charge is 0.481 e. The monoisotopic (exact) mass is 1950 g/mol. The normalized spacial score (nSPS) is 22.5. The number of fused-ring (bicyclic) bond motifs is 1. The Bertz CT molecular complexity index is 5020. The summed E-state index contributed by atoms with van der Waals surface area (Å²) in [5.74, 6) is -22.9. The number of aromatic amines is 1. The minimum absolute atomic E-state index is 0. The molecule has 140 heavy (non-hydrogen) atoms. The average molecular weight is 1950 g/mol. The summed E-state index contributed by atoms with van der Waals surface area (Å²) in [5, 5.41) is 61.5. The third kappa shape index (κ3) is 37.5. The zero-order valence-electron chi connectivity index (χ0n) is 82.0. The van der Waals surface area contributed by atoms with E-state index in [1.54, 1.807) is 81.6 Å². The summed E-state index contributed by atoms with van der Waals surface area (Å²) in [5.41, 5.74) is 14.4. The molecule has 1 saturated carbocycles. The Balaban J connectivity index is 0.0000346. The first-order valence-corrected chi connectivity index (χ1v) is 48.1. The van der Waals surface area contributed by atoms with Crippen molar-refractivity contribution >= 4 is 128 Å². The molecule has 1 fully saturated rings.